The van der Waals surface area contributed by atoms with E-state index in [-0.39, 0.29) is 0 Å². The maximum atomic E-state index is 5.39. The fraction of sp³-hybridized carbons (Fsp3) is 0.615. The van der Waals surface area contributed by atoms with Crippen molar-refractivity contribution in [2.45, 2.75) is 32.6 Å². The summed E-state index contributed by atoms with van der Waals surface area (Å²) in [7, 11) is 0. The molecular formula is C13H19NO. The maximum Gasteiger partial charge on any atom is 0.0498 e. The molecule has 15 heavy (non-hydrogen) atoms. The highest BCUT2D eigenvalue weighted by atomic mass is 16.5. The fourth-order valence-corrected chi connectivity index (χ4v) is 2.01. The van der Waals surface area contributed by atoms with Gasteiger partial charge in [0.1, 0.15) is 0 Å². The Bertz CT molecular complexity index is 316. The lowest BCUT2D eigenvalue weighted by molar-refractivity contribution is 0.186. The van der Waals surface area contributed by atoms with Crippen molar-refractivity contribution in [2.75, 3.05) is 13.2 Å². The molecule has 1 unspecified atom stereocenters. The first-order valence-corrected chi connectivity index (χ1v) is 5.77. The van der Waals surface area contributed by atoms with Gasteiger partial charge in [-0.3, -0.25) is 4.98 Å². The van der Waals surface area contributed by atoms with Crippen molar-refractivity contribution in [3.8, 4) is 0 Å². The first kappa shape index (κ1) is 10.6. The second-order valence-electron chi connectivity index (χ2n) is 4.71. The number of aromatic nitrogens is 1. The molecule has 1 aliphatic rings. The van der Waals surface area contributed by atoms with Crippen LogP contribution in [0.5, 0.6) is 0 Å². The van der Waals surface area contributed by atoms with E-state index >= 15 is 0 Å². The molecule has 0 saturated carbocycles. The first-order valence-electron chi connectivity index (χ1n) is 5.77. The van der Waals surface area contributed by atoms with Crippen LogP contribution >= 0.6 is 0 Å². The van der Waals surface area contributed by atoms with Gasteiger partial charge in [-0.15, -0.1) is 0 Å². The van der Waals surface area contributed by atoms with E-state index in [4.69, 9.17) is 4.74 Å². The molecule has 1 atom stereocenters. The van der Waals surface area contributed by atoms with Gasteiger partial charge in [-0.05, 0) is 35.8 Å². The molecule has 0 bridgehead atoms. The van der Waals surface area contributed by atoms with Crippen LogP contribution < -0.4 is 0 Å². The highest BCUT2D eigenvalue weighted by Crippen LogP contribution is 2.20. The topological polar surface area (TPSA) is 22.1 Å². The van der Waals surface area contributed by atoms with Crippen molar-refractivity contribution in [3.63, 3.8) is 0 Å². The van der Waals surface area contributed by atoms with Crippen LogP contribution in [0.1, 0.15) is 37.3 Å². The molecule has 1 aromatic rings. The number of ether oxygens (including phenoxy) is 1. The summed E-state index contributed by atoms with van der Waals surface area (Å²) in [5.41, 5.74) is 2.70. The Morgan fingerprint density at radius 3 is 3.00 bits per heavy atom. The highest BCUT2D eigenvalue weighted by Gasteiger charge is 2.16. The minimum absolute atomic E-state index is 0.567. The summed E-state index contributed by atoms with van der Waals surface area (Å²) in [6.07, 6.45) is 6.28. The van der Waals surface area contributed by atoms with Crippen molar-refractivity contribution >= 4 is 0 Å². The van der Waals surface area contributed by atoms with Crippen LogP contribution in [0.2, 0.25) is 0 Å². The zero-order valence-electron chi connectivity index (χ0n) is 9.57. The Kier molecular flexibility index (Phi) is 3.37. The van der Waals surface area contributed by atoms with Gasteiger partial charge in [0, 0.05) is 25.6 Å². The third-order valence-corrected chi connectivity index (χ3v) is 3.03. The molecule has 0 aliphatic carbocycles. The van der Waals surface area contributed by atoms with Gasteiger partial charge < -0.3 is 4.74 Å². The summed E-state index contributed by atoms with van der Waals surface area (Å²) in [6, 6.07) is 2.29. The summed E-state index contributed by atoms with van der Waals surface area (Å²) >= 11 is 0. The van der Waals surface area contributed by atoms with Gasteiger partial charge in [-0.25, -0.2) is 0 Å². The zero-order valence-corrected chi connectivity index (χ0v) is 9.57. The quantitative estimate of drug-likeness (QED) is 0.757. The Hall–Kier alpha value is -0.890. The van der Waals surface area contributed by atoms with Crippen LogP contribution in [0.25, 0.3) is 0 Å². The third-order valence-electron chi connectivity index (χ3n) is 3.03. The number of nitrogens with zero attached hydrogens (tertiary/aromatic N) is 1. The van der Waals surface area contributed by atoms with Gasteiger partial charge >= 0.3 is 0 Å². The summed E-state index contributed by atoms with van der Waals surface area (Å²) in [5, 5.41) is 0. The van der Waals surface area contributed by atoms with E-state index in [1.54, 1.807) is 0 Å². The van der Waals surface area contributed by atoms with Crippen LogP contribution in [-0.4, -0.2) is 18.2 Å². The zero-order chi connectivity index (χ0) is 10.7. The fourth-order valence-electron chi connectivity index (χ4n) is 2.01. The van der Waals surface area contributed by atoms with E-state index in [1.165, 1.54) is 17.5 Å². The minimum atomic E-state index is 0.567. The Balaban J connectivity index is 2.04. The molecular weight excluding hydrogens is 186 g/mol. The molecule has 0 N–H and O–H groups in total. The second kappa shape index (κ2) is 4.75. The summed E-state index contributed by atoms with van der Waals surface area (Å²) in [4.78, 5) is 4.31. The number of pyridine rings is 1. The van der Waals surface area contributed by atoms with Gasteiger partial charge in [0.25, 0.3) is 0 Å². The second-order valence-corrected chi connectivity index (χ2v) is 4.71. The normalized spacial score (nSPS) is 21.1. The molecule has 1 aromatic heterocycles. The van der Waals surface area contributed by atoms with Gasteiger partial charge in [-0.2, -0.15) is 0 Å². The van der Waals surface area contributed by atoms with Gasteiger partial charge in [0.05, 0.1) is 0 Å². The van der Waals surface area contributed by atoms with Crippen LogP contribution in [0, 0.1) is 5.92 Å². The van der Waals surface area contributed by atoms with E-state index in [2.05, 4.69) is 24.9 Å². The van der Waals surface area contributed by atoms with Crippen molar-refractivity contribution in [2.24, 2.45) is 5.92 Å². The van der Waals surface area contributed by atoms with Gasteiger partial charge in [0.2, 0.25) is 0 Å². The lowest BCUT2D eigenvalue weighted by Crippen LogP contribution is -2.04. The SMILES string of the molecule is CC(C)c1cncc(CC2CCOC2)c1. The van der Waals surface area contributed by atoms with E-state index in [0.717, 1.165) is 19.6 Å². The lowest BCUT2D eigenvalue weighted by atomic mass is 9.97. The number of hydrogen-bond donors (Lipinski definition) is 0. The molecule has 0 aromatic carbocycles. The van der Waals surface area contributed by atoms with E-state index < -0.39 is 0 Å². The summed E-state index contributed by atoms with van der Waals surface area (Å²) in [5.74, 6) is 1.27. The minimum Gasteiger partial charge on any atom is -0.381 e. The lowest BCUT2D eigenvalue weighted by Gasteiger charge is -2.10. The van der Waals surface area contributed by atoms with Crippen LogP contribution in [-0.2, 0) is 11.2 Å². The van der Waals surface area contributed by atoms with Gasteiger partial charge in [-0.1, -0.05) is 19.9 Å². The molecule has 0 radical (unpaired) electrons. The Morgan fingerprint density at radius 2 is 2.33 bits per heavy atom. The molecule has 1 aliphatic heterocycles. The first-order chi connectivity index (χ1) is 7.25. The van der Waals surface area contributed by atoms with Crippen molar-refractivity contribution in [1.82, 2.24) is 4.98 Å². The number of rotatable bonds is 3. The van der Waals surface area contributed by atoms with Crippen molar-refractivity contribution < 1.29 is 4.74 Å². The molecule has 82 valence electrons. The predicted octanol–water partition coefficient (Wildman–Crippen LogP) is 2.78. The van der Waals surface area contributed by atoms with E-state index in [0.29, 0.717) is 11.8 Å². The predicted molar refractivity (Wildman–Crippen MR) is 61.0 cm³/mol. The van der Waals surface area contributed by atoms with Crippen LogP contribution in [0.3, 0.4) is 0 Å². The molecule has 0 spiro atoms. The monoisotopic (exact) mass is 205 g/mol. The Labute approximate surface area is 91.7 Å². The van der Waals surface area contributed by atoms with E-state index in [1.807, 2.05) is 12.4 Å². The molecule has 1 fully saturated rings. The van der Waals surface area contributed by atoms with Crippen LogP contribution in [0.15, 0.2) is 18.5 Å². The molecule has 2 heteroatoms. The van der Waals surface area contributed by atoms with Crippen LogP contribution in [0.4, 0.5) is 0 Å². The summed E-state index contributed by atoms with van der Waals surface area (Å²) in [6.45, 7) is 6.27. The number of hydrogen-bond acceptors (Lipinski definition) is 2. The molecule has 2 rings (SSSR count). The van der Waals surface area contributed by atoms with Gasteiger partial charge in [0.15, 0.2) is 0 Å². The average Bonchev–Trinajstić information content (AvgIpc) is 2.71. The standard InChI is InChI=1S/C13H19NO/c1-10(2)13-6-12(7-14-8-13)5-11-3-4-15-9-11/h6-8,10-11H,3-5,9H2,1-2H3. The smallest absolute Gasteiger partial charge is 0.0498 e. The Morgan fingerprint density at radius 1 is 1.47 bits per heavy atom. The average molecular weight is 205 g/mol. The molecule has 2 heterocycles. The van der Waals surface area contributed by atoms with E-state index in [9.17, 15) is 0 Å². The van der Waals surface area contributed by atoms with Crippen molar-refractivity contribution in [1.29, 1.82) is 0 Å². The molecule has 1 saturated heterocycles. The molecule has 2 nitrogen and oxygen atoms in total. The van der Waals surface area contributed by atoms with Crippen molar-refractivity contribution in [3.05, 3.63) is 29.6 Å². The third kappa shape index (κ3) is 2.78. The summed E-state index contributed by atoms with van der Waals surface area (Å²) < 4.78 is 5.39. The maximum absolute atomic E-state index is 5.39. The molecule has 0 amide bonds. The largest absolute Gasteiger partial charge is 0.381 e. The highest BCUT2D eigenvalue weighted by molar-refractivity contribution is 5.21.